The molecule has 0 saturated carbocycles. The van der Waals surface area contributed by atoms with Gasteiger partial charge < -0.3 is 4.74 Å². The van der Waals surface area contributed by atoms with Crippen LogP contribution in [0.15, 0.2) is 59.5 Å². The molecule has 7 heteroatoms. The SMILES string of the molecule is COC(=O)C=Cc1ccccc1S(=O)(=O)Nc1ccc(Cl)cc1. The molecule has 0 radical (unpaired) electrons. The van der Waals surface area contributed by atoms with E-state index in [0.29, 0.717) is 16.3 Å². The normalized spacial score (nSPS) is 11.4. The van der Waals surface area contributed by atoms with Crippen LogP contribution in [0.25, 0.3) is 6.08 Å². The second-order valence-corrected chi connectivity index (χ2v) is 6.59. The molecule has 0 aliphatic rings. The van der Waals surface area contributed by atoms with Gasteiger partial charge in [0.2, 0.25) is 0 Å². The topological polar surface area (TPSA) is 72.5 Å². The summed E-state index contributed by atoms with van der Waals surface area (Å²) in [5.41, 5.74) is 0.764. The van der Waals surface area contributed by atoms with Crippen LogP contribution in [0.5, 0.6) is 0 Å². The van der Waals surface area contributed by atoms with Gasteiger partial charge >= 0.3 is 5.97 Å². The van der Waals surface area contributed by atoms with Crippen molar-refractivity contribution in [3.05, 3.63) is 65.2 Å². The first-order chi connectivity index (χ1) is 10.9. The third-order valence-corrected chi connectivity index (χ3v) is 4.61. The molecule has 5 nitrogen and oxygen atoms in total. The number of esters is 1. The molecule has 2 aromatic carbocycles. The molecule has 0 amide bonds. The lowest BCUT2D eigenvalue weighted by Crippen LogP contribution is -2.14. The highest BCUT2D eigenvalue weighted by Gasteiger charge is 2.17. The third kappa shape index (κ3) is 4.58. The lowest BCUT2D eigenvalue weighted by atomic mass is 10.2. The fraction of sp³-hybridized carbons (Fsp3) is 0.0625. The van der Waals surface area contributed by atoms with Gasteiger partial charge in [-0.1, -0.05) is 29.8 Å². The number of ether oxygens (including phenoxy) is 1. The van der Waals surface area contributed by atoms with Gasteiger partial charge in [-0.2, -0.15) is 0 Å². The molecule has 0 spiro atoms. The Morgan fingerprint density at radius 3 is 2.43 bits per heavy atom. The second kappa shape index (κ2) is 7.30. The Morgan fingerprint density at radius 2 is 1.78 bits per heavy atom. The molecule has 0 aliphatic carbocycles. The third-order valence-electron chi connectivity index (χ3n) is 2.91. The van der Waals surface area contributed by atoms with E-state index in [1.807, 2.05) is 0 Å². The van der Waals surface area contributed by atoms with Gasteiger partial charge in [0.1, 0.15) is 0 Å². The van der Waals surface area contributed by atoms with Crippen LogP contribution >= 0.6 is 11.6 Å². The van der Waals surface area contributed by atoms with E-state index in [9.17, 15) is 13.2 Å². The van der Waals surface area contributed by atoms with E-state index in [-0.39, 0.29) is 4.90 Å². The molecule has 0 heterocycles. The predicted octanol–water partition coefficient (Wildman–Crippen LogP) is 3.33. The van der Waals surface area contributed by atoms with E-state index in [4.69, 9.17) is 11.6 Å². The first-order valence-corrected chi connectivity index (χ1v) is 8.42. The Morgan fingerprint density at radius 1 is 1.13 bits per heavy atom. The Bertz CT molecular complexity index is 829. The van der Waals surface area contributed by atoms with Gasteiger partial charge in [0.25, 0.3) is 10.0 Å². The number of hydrogen-bond donors (Lipinski definition) is 1. The number of benzene rings is 2. The Kier molecular flexibility index (Phi) is 5.41. The molecule has 120 valence electrons. The van der Waals surface area contributed by atoms with Gasteiger partial charge in [-0.3, -0.25) is 4.72 Å². The summed E-state index contributed by atoms with van der Waals surface area (Å²) in [6, 6.07) is 12.6. The summed E-state index contributed by atoms with van der Waals surface area (Å²) in [5.74, 6) is -0.567. The molecule has 1 N–H and O–H groups in total. The van der Waals surface area contributed by atoms with Crippen LogP contribution in [0, 0.1) is 0 Å². The van der Waals surface area contributed by atoms with Crippen LogP contribution in [-0.4, -0.2) is 21.5 Å². The van der Waals surface area contributed by atoms with Gasteiger partial charge in [-0.25, -0.2) is 13.2 Å². The van der Waals surface area contributed by atoms with Crippen molar-refractivity contribution in [3.8, 4) is 0 Å². The second-order valence-electron chi connectivity index (χ2n) is 4.51. The van der Waals surface area contributed by atoms with Gasteiger partial charge in [-0.05, 0) is 42.0 Å². The highest BCUT2D eigenvalue weighted by Crippen LogP contribution is 2.22. The zero-order chi connectivity index (χ0) is 16.9. The number of rotatable bonds is 5. The molecular formula is C16H14ClNO4S. The summed E-state index contributed by atoms with van der Waals surface area (Å²) in [6.07, 6.45) is 2.55. The summed E-state index contributed by atoms with van der Waals surface area (Å²) in [4.78, 5) is 11.2. The van der Waals surface area contributed by atoms with Gasteiger partial charge in [0.15, 0.2) is 0 Å². The van der Waals surface area contributed by atoms with E-state index < -0.39 is 16.0 Å². The van der Waals surface area contributed by atoms with Crippen molar-refractivity contribution in [3.63, 3.8) is 0 Å². The van der Waals surface area contributed by atoms with Crippen molar-refractivity contribution in [1.82, 2.24) is 0 Å². The summed E-state index contributed by atoms with van der Waals surface area (Å²) in [6.45, 7) is 0. The zero-order valence-corrected chi connectivity index (χ0v) is 13.8. The van der Waals surface area contributed by atoms with Crippen LogP contribution < -0.4 is 4.72 Å². The average molecular weight is 352 g/mol. The van der Waals surface area contributed by atoms with Gasteiger partial charge in [-0.15, -0.1) is 0 Å². The number of carbonyl (C=O) groups excluding carboxylic acids is 1. The lowest BCUT2D eigenvalue weighted by Gasteiger charge is -2.10. The van der Waals surface area contributed by atoms with Crippen molar-refractivity contribution in [2.75, 3.05) is 11.8 Å². The van der Waals surface area contributed by atoms with E-state index in [0.717, 1.165) is 6.08 Å². The van der Waals surface area contributed by atoms with Crippen LogP contribution in [0.4, 0.5) is 5.69 Å². The zero-order valence-electron chi connectivity index (χ0n) is 12.2. The number of nitrogens with one attached hydrogen (secondary N) is 1. The highest BCUT2D eigenvalue weighted by molar-refractivity contribution is 7.92. The quantitative estimate of drug-likeness (QED) is 0.662. The summed E-state index contributed by atoms with van der Waals surface area (Å²) < 4.78 is 32.0. The number of sulfonamides is 1. The van der Waals surface area contributed by atoms with Crippen molar-refractivity contribution in [2.45, 2.75) is 4.90 Å². The number of carbonyl (C=O) groups is 1. The smallest absolute Gasteiger partial charge is 0.330 e. The lowest BCUT2D eigenvalue weighted by molar-refractivity contribution is -0.134. The molecular weight excluding hydrogens is 338 g/mol. The minimum absolute atomic E-state index is 0.0510. The summed E-state index contributed by atoms with van der Waals surface area (Å²) in [5, 5.41) is 0.509. The summed E-state index contributed by atoms with van der Waals surface area (Å²) >= 11 is 5.78. The van der Waals surface area contributed by atoms with Crippen molar-refractivity contribution >= 4 is 39.4 Å². The Labute approximate surface area is 139 Å². The Balaban J connectivity index is 2.34. The van der Waals surface area contributed by atoms with Crippen LogP contribution in [0.2, 0.25) is 5.02 Å². The van der Waals surface area contributed by atoms with Crippen molar-refractivity contribution in [2.24, 2.45) is 0 Å². The minimum Gasteiger partial charge on any atom is -0.466 e. The average Bonchev–Trinajstić information content (AvgIpc) is 2.54. The standard InChI is InChI=1S/C16H14ClNO4S/c1-22-16(19)11-6-12-4-2-3-5-15(12)23(20,21)18-14-9-7-13(17)8-10-14/h2-11,18H,1H3. The Hall–Kier alpha value is -2.31. The number of halogens is 1. The molecule has 23 heavy (non-hydrogen) atoms. The monoisotopic (exact) mass is 351 g/mol. The minimum atomic E-state index is -3.81. The molecule has 2 aromatic rings. The molecule has 0 unspecified atom stereocenters. The molecule has 0 saturated heterocycles. The van der Waals surface area contributed by atoms with Gasteiger partial charge in [0, 0.05) is 16.8 Å². The van der Waals surface area contributed by atoms with E-state index in [2.05, 4.69) is 9.46 Å². The molecule has 0 bridgehead atoms. The van der Waals surface area contributed by atoms with Crippen LogP contribution in [0.1, 0.15) is 5.56 Å². The first kappa shape index (κ1) is 17.1. The van der Waals surface area contributed by atoms with Crippen LogP contribution in [0.3, 0.4) is 0 Å². The maximum atomic E-state index is 12.5. The van der Waals surface area contributed by atoms with E-state index >= 15 is 0 Å². The highest BCUT2D eigenvalue weighted by atomic mass is 35.5. The van der Waals surface area contributed by atoms with Crippen molar-refractivity contribution < 1.29 is 17.9 Å². The van der Waals surface area contributed by atoms with E-state index in [1.165, 1.54) is 19.3 Å². The maximum absolute atomic E-state index is 12.5. The number of hydrogen-bond acceptors (Lipinski definition) is 4. The first-order valence-electron chi connectivity index (χ1n) is 6.56. The fourth-order valence-electron chi connectivity index (χ4n) is 1.82. The van der Waals surface area contributed by atoms with E-state index in [1.54, 1.807) is 42.5 Å². The number of anilines is 1. The van der Waals surface area contributed by atoms with Gasteiger partial charge in [0.05, 0.1) is 12.0 Å². The molecule has 0 aromatic heterocycles. The van der Waals surface area contributed by atoms with Crippen LogP contribution in [-0.2, 0) is 19.6 Å². The molecule has 0 aliphatic heterocycles. The molecule has 0 atom stereocenters. The van der Waals surface area contributed by atoms with Crippen molar-refractivity contribution in [1.29, 1.82) is 0 Å². The molecule has 2 rings (SSSR count). The number of methoxy groups -OCH3 is 1. The fourth-order valence-corrected chi connectivity index (χ4v) is 3.20. The molecule has 0 fully saturated rings. The predicted molar refractivity (Wildman–Crippen MR) is 89.8 cm³/mol. The maximum Gasteiger partial charge on any atom is 0.330 e. The summed E-state index contributed by atoms with van der Waals surface area (Å²) in [7, 11) is -2.56. The largest absolute Gasteiger partial charge is 0.466 e.